The summed E-state index contributed by atoms with van der Waals surface area (Å²) in [5.41, 5.74) is 4.19. The van der Waals surface area contributed by atoms with Gasteiger partial charge in [-0.15, -0.1) is 0 Å². The second-order valence-electron chi connectivity index (χ2n) is 5.19. The molecule has 0 amide bonds. The Morgan fingerprint density at radius 2 is 2.05 bits per heavy atom. The van der Waals surface area contributed by atoms with Gasteiger partial charge in [-0.3, -0.25) is 4.40 Å². The van der Waals surface area contributed by atoms with Crippen molar-refractivity contribution >= 4 is 5.65 Å². The third kappa shape index (κ3) is 2.62. The number of aromatic nitrogens is 2. The van der Waals surface area contributed by atoms with Gasteiger partial charge >= 0.3 is 0 Å². The summed E-state index contributed by atoms with van der Waals surface area (Å²) in [5.74, 6) is 1.51. The summed E-state index contributed by atoms with van der Waals surface area (Å²) in [4.78, 5) is 4.60. The third-order valence-corrected chi connectivity index (χ3v) is 3.49. The van der Waals surface area contributed by atoms with Crippen LogP contribution < -0.4 is 10.1 Å². The van der Waals surface area contributed by atoms with E-state index in [-0.39, 0.29) is 0 Å². The first-order valence-electron chi connectivity index (χ1n) is 7.04. The van der Waals surface area contributed by atoms with Crippen LogP contribution in [0.4, 0.5) is 0 Å². The van der Waals surface area contributed by atoms with Crippen molar-refractivity contribution < 1.29 is 4.74 Å². The molecule has 0 aliphatic carbocycles. The number of hydrogen-bond acceptors (Lipinski definition) is 3. The van der Waals surface area contributed by atoms with E-state index in [1.807, 2.05) is 44.4 Å². The van der Waals surface area contributed by atoms with Gasteiger partial charge in [-0.1, -0.05) is 18.2 Å². The van der Waals surface area contributed by atoms with Crippen LogP contribution in [0.15, 0.2) is 42.6 Å². The number of benzene rings is 1. The lowest BCUT2D eigenvalue weighted by atomic mass is 10.1. The molecule has 0 saturated heterocycles. The van der Waals surface area contributed by atoms with Gasteiger partial charge in [0.15, 0.2) is 0 Å². The van der Waals surface area contributed by atoms with Gasteiger partial charge in [-0.2, -0.15) is 4.98 Å². The van der Waals surface area contributed by atoms with Crippen molar-refractivity contribution in [1.82, 2.24) is 14.7 Å². The SMILES string of the molecule is CNCc1c(Oc2cc(C)ccc2C)nc2ccccn12. The van der Waals surface area contributed by atoms with Crippen molar-refractivity contribution in [3.05, 3.63) is 59.4 Å². The molecular formula is C17H19N3O. The molecule has 1 aromatic carbocycles. The molecular weight excluding hydrogens is 262 g/mol. The highest BCUT2D eigenvalue weighted by molar-refractivity contribution is 5.48. The quantitative estimate of drug-likeness (QED) is 0.796. The van der Waals surface area contributed by atoms with E-state index in [2.05, 4.69) is 33.8 Å². The molecule has 0 bridgehead atoms. The van der Waals surface area contributed by atoms with E-state index >= 15 is 0 Å². The molecule has 21 heavy (non-hydrogen) atoms. The van der Waals surface area contributed by atoms with Crippen LogP contribution in [0.2, 0.25) is 0 Å². The predicted octanol–water partition coefficient (Wildman–Crippen LogP) is 3.46. The molecule has 0 spiro atoms. The zero-order chi connectivity index (χ0) is 14.8. The Bertz CT molecular complexity index is 777. The Morgan fingerprint density at radius 1 is 1.19 bits per heavy atom. The molecule has 0 unspecified atom stereocenters. The first-order chi connectivity index (χ1) is 10.2. The van der Waals surface area contributed by atoms with Gasteiger partial charge in [-0.05, 0) is 50.2 Å². The number of rotatable bonds is 4. The summed E-state index contributed by atoms with van der Waals surface area (Å²) in [6.07, 6.45) is 2.00. The van der Waals surface area contributed by atoms with E-state index in [4.69, 9.17) is 4.74 Å². The molecule has 3 rings (SSSR count). The summed E-state index contributed by atoms with van der Waals surface area (Å²) in [6.45, 7) is 4.80. The highest BCUT2D eigenvalue weighted by Crippen LogP contribution is 2.28. The normalized spacial score (nSPS) is 11.0. The van der Waals surface area contributed by atoms with Gasteiger partial charge in [0.1, 0.15) is 17.1 Å². The lowest BCUT2D eigenvalue weighted by Crippen LogP contribution is -2.08. The standard InChI is InChI=1S/C17H19N3O/c1-12-7-8-13(2)15(10-12)21-17-14(11-18-3)20-9-5-4-6-16(20)19-17/h4-10,18H,11H2,1-3H3. The molecule has 0 aliphatic rings. The van der Waals surface area contributed by atoms with Crippen molar-refractivity contribution in [3.63, 3.8) is 0 Å². The molecule has 2 aromatic heterocycles. The van der Waals surface area contributed by atoms with Gasteiger partial charge in [0.05, 0.1) is 0 Å². The fourth-order valence-corrected chi connectivity index (χ4v) is 2.36. The predicted molar refractivity (Wildman–Crippen MR) is 83.9 cm³/mol. The maximum atomic E-state index is 6.09. The minimum Gasteiger partial charge on any atom is -0.437 e. The summed E-state index contributed by atoms with van der Waals surface area (Å²) >= 11 is 0. The summed E-state index contributed by atoms with van der Waals surface area (Å²) in [6, 6.07) is 12.2. The zero-order valence-corrected chi connectivity index (χ0v) is 12.6. The summed E-state index contributed by atoms with van der Waals surface area (Å²) in [7, 11) is 1.92. The van der Waals surface area contributed by atoms with Crippen LogP contribution in [0.1, 0.15) is 16.8 Å². The molecule has 0 atom stereocenters. The van der Waals surface area contributed by atoms with Gasteiger partial charge in [0.2, 0.25) is 5.88 Å². The molecule has 0 aliphatic heterocycles. The van der Waals surface area contributed by atoms with Crippen LogP contribution in [-0.4, -0.2) is 16.4 Å². The Hall–Kier alpha value is -2.33. The van der Waals surface area contributed by atoms with E-state index in [1.54, 1.807) is 0 Å². The summed E-state index contributed by atoms with van der Waals surface area (Å²) < 4.78 is 8.14. The molecule has 4 nitrogen and oxygen atoms in total. The average molecular weight is 281 g/mol. The monoisotopic (exact) mass is 281 g/mol. The number of pyridine rings is 1. The van der Waals surface area contributed by atoms with E-state index in [0.717, 1.165) is 22.7 Å². The average Bonchev–Trinajstić information content (AvgIpc) is 2.81. The van der Waals surface area contributed by atoms with Crippen molar-refractivity contribution in [2.24, 2.45) is 0 Å². The molecule has 0 saturated carbocycles. The maximum Gasteiger partial charge on any atom is 0.242 e. The zero-order valence-electron chi connectivity index (χ0n) is 12.6. The number of nitrogens with one attached hydrogen (secondary N) is 1. The van der Waals surface area contributed by atoms with Crippen LogP contribution in [0, 0.1) is 13.8 Å². The van der Waals surface area contributed by atoms with Crippen molar-refractivity contribution in [2.75, 3.05) is 7.05 Å². The Labute approximate surface area is 124 Å². The van der Waals surface area contributed by atoms with Gasteiger partial charge < -0.3 is 10.1 Å². The highest BCUT2D eigenvalue weighted by atomic mass is 16.5. The van der Waals surface area contributed by atoms with Gasteiger partial charge in [-0.25, -0.2) is 0 Å². The van der Waals surface area contributed by atoms with Crippen LogP contribution in [0.3, 0.4) is 0 Å². The lowest BCUT2D eigenvalue weighted by Gasteiger charge is -2.09. The van der Waals surface area contributed by atoms with E-state index in [9.17, 15) is 0 Å². The lowest BCUT2D eigenvalue weighted by molar-refractivity contribution is 0.453. The Morgan fingerprint density at radius 3 is 2.86 bits per heavy atom. The Kier molecular flexibility index (Phi) is 3.62. The van der Waals surface area contributed by atoms with Crippen molar-refractivity contribution in [3.8, 4) is 11.6 Å². The number of hydrogen-bond donors (Lipinski definition) is 1. The summed E-state index contributed by atoms with van der Waals surface area (Å²) in [5, 5.41) is 3.17. The second kappa shape index (κ2) is 5.58. The van der Waals surface area contributed by atoms with Gasteiger partial charge in [0.25, 0.3) is 0 Å². The van der Waals surface area contributed by atoms with Crippen LogP contribution in [-0.2, 0) is 6.54 Å². The molecule has 0 fully saturated rings. The smallest absolute Gasteiger partial charge is 0.242 e. The van der Waals surface area contributed by atoms with Crippen molar-refractivity contribution in [2.45, 2.75) is 20.4 Å². The minimum atomic E-state index is 0.657. The topological polar surface area (TPSA) is 38.6 Å². The largest absolute Gasteiger partial charge is 0.437 e. The molecule has 3 aromatic rings. The number of nitrogens with zero attached hydrogens (tertiary/aromatic N) is 2. The van der Waals surface area contributed by atoms with E-state index in [1.165, 1.54) is 5.56 Å². The number of aryl methyl sites for hydroxylation is 2. The third-order valence-electron chi connectivity index (χ3n) is 3.49. The number of imidazole rings is 1. The minimum absolute atomic E-state index is 0.657. The van der Waals surface area contributed by atoms with Crippen LogP contribution in [0.5, 0.6) is 11.6 Å². The second-order valence-corrected chi connectivity index (χ2v) is 5.19. The van der Waals surface area contributed by atoms with Crippen LogP contribution in [0.25, 0.3) is 5.65 Å². The Balaban J connectivity index is 2.07. The molecule has 4 heteroatoms. The first kappa shape index (κ1) is 13.6. The number of fused-ring (bicyclic) bond motifs is 1. The van der Waals surface area contributed by atoms with Crippen LogP contribution >= 0.6 is 0 Å². The van der Waals surface area contributed by atoms with E-state index < -0.39 is 0 Å². The fourth-order valence-electron chi connectivity index (χ4n) is 2.36. The molecule has 108 valence electrons. The highest BCUT2D eigenvalue weighted by Gasteiger charge is 2.14. The first-order valence-corrected chi connectivity index (χ1v) is 7.04. The maximum absolute atomic E-state index is 6.09. The number of ether oxygens (including phenoxy) is 1. The fraction of sp³-hybridized carbons (Fsp3) is 0.235. The molecule has 0 radical (unpaired) electrons. The van der Waals surface area contributed by atoms with Crippen molar-refractivity contribution in [1.29, 1.82) is 0 Å². The van der Waals surface area contributed by atoms with E-state index in [0.29, 0.717) is 12.4 Å². The molecule has 2 heterocycles. The van der Waals surface area contributed by atoms with Gasteiger partial charge in [0, 0.05) is 12.7 Å². The molecule has 1 N–H and O–H groups in total.